The van der Waals surface area contributed by atoms with E-state index in [1.54, 1.807) is 11.9 Å². The minimum absolute atomic E-state index is 0.256. The second-order valence-corrected chi connectivity index (χ2v) is 9.00. The zero-order chi connectivity index (χ0) is 20.1. The molecule has 0 aliphatic rings. The number of carbonyl (C=O) groups is 2. The highest BCUT2D eigenvalue weighted by molar-refractivity contribution is 9.09. The number of alkyl carbamates (subject to hydrolysis) is 1. The number of halogens is 2. The van der Waals surface area contributed by atoms with Crippen molar-refractivity contribution in [2.75, 3.05) is 30.8 Å². The third-order valence-corrected chi connectivity index (χ3v) is 3.43. The summed E-state index contributed by atoms with van der Waals surface area (Å²) in [6.45, 7) is 12.5. The van der Waals surface area contributed by atoms with Gasteiger partial charge in [0, 0.05) is 30.8 Å². The third-order valence-electron chi connectivity index (χ3n) is 2.31. The van der Waals surface area contributed by atoms with Gasteiger partial charge in [0.2, 0.25) is 0 Å². The van der Waals surface area contributed by atoms with Gasteiger partial charge in [0.25, 0.3) is 0 Å². The summed E-state index contributed by atoms with van der Waals surface area (Å²) in [5.41, 5.74) is -0.807. The molecule has 1 N–H and O–H groups in total. The van der Waals surface area contributed by atoms with Crippen LogP contribution in [-0.2, 0) is 9.47 Å². The molecule has 150 valence electrons. The molecule has 0 atom stereocenters. The largest absolute Gasteiger partial charge is 0.444 e. The van der Waals surface area contributed by atoms with Crippen molar-refractivity contribution < 1.29 is 19.1 Å². The Balaban J connectivity index is 0. The molecule has 0 bridgehead atoms. The molecule has 0 saturated heterocycles. The Bertz CT molecular complexity index is 380. The fourth-order valence-electron chi connectivity index (χ4n) is 1.30. The van der Waals surface area contributed by atoms with Gasteiger partial charge >= 0.3 is 12.2 Å². The average Bonchev–Trinajstić information content (AvgIpc) is 2.42. The lowest BCUT2D eigenvalue weighted by Crippen LogP contribution is -2.34. The molecule has 8 heteroatoms. The Kier molecular flexibility index (Phi) is 14.6. The molecule has 0 fully saturated rings. The van der Waals surface area contributed by atoms with Crippen molar-refractivity contribution in [3.05, 3.63) is 0 Å². The summed E-state index contributed by atoms with van der Waals surface area (Å²) >= 11 is 6.58. The van der Waals surface area contributed by atoms with Gasteiger partial charge in [-0.2, -0.15) is 0 Å². The summed E-state index contributed by atoms with van der Waals surface area (Å²) in [5.74, 6) is 0. The van der Waals surface area contributed by atoms with Crippen molar-refractivity contribution in [2.45, 2.75) is 65.6 Å². The fourth-order valence-corrected chi connectivity index (χ4v) is 1.83. The standard InChI is InChI=1S/C9H18BrNO2.C8H16BrNO2/c1-9(2,3)13-8(12)11(4)7-5-6-10;1-8(2,3)12-7(11)10-6-4-5-9/h5-7H2,1-4H3;4-6H2,1-3H3,(H,10,11). The number of nitrogens with zero attached hydrogens (tertiary/aromatic N) is 1. The first-order valence-corrected chi connectivity index (χ1v) is 10.6. The second kappa shape index (κ2) is 13.7. The van der Waals surface area contributed by atoms with Crippen molar-refractivity contribution in [3.63, 3.8) is 0 Å². The Morgan fingerprint density at radius 2 is 1.40 bits per heavy atom. The van der Waals surface area contributed by atoms with Crippen molar-refractivity contribution in [3.8, 4) is 0 Å². The van der Waals surface area contributed by atoms with Crippen molar-refractivity contribution in [1.82, 2.24) is 10.2 Å². The first-order chi connectivity index (χ1) is 11.3. The van der Waals surface area contributed by atoms with E-state index >= 15 is 0 Å². The molecule has 0 aromatic heterocycles. The lowest BCUT2D eigenvalue weighted by Gasteiger charge is -2.24. The maximum atomic E-state index is 11.4. The predicted octanol–water partition coefficient (Wildman–Crippen LogP) is 4.93. The van der Waals surface area contributed by atoms with Crippen LogP contribution in [0.4, 0.5) is 9.59 Å². The van der Waals surface area contributed by atoms with E-state index in [-0.39, 0.29) is 12.2 Å². The lowest BCUT2D eigenvalue weighted by atomic mass is 10.2. The normalized spacial score (nSPS) is 11.1. The first-order valence-electron chi connectivity index (χ1n) is 8.35. The van der Waals surface area contributed by atoms with Crippen LogP contribution in [0.3, 0.4) is 0 Å². The fraction of sp³-hybridized carbons (Fsp3) is 0.882. The van der Waals surface area contributed by atoms with Crippen molar-refractivity contribution in [2.24, 2.45) is 0 Å². The van der Waals surface area contributed by atoms with E-state index in [0.717, 1.165) is 30.0 Å². The van der Waals surface area contributed by atoms with Crippen LogP contribution in [0.25, 0.3) is 0 Å². The molecule has 0 heterocycles. The smallest absolute Gasteiger partial charge is 0.410 e. The third kappa shape index (κ3) is 21.5. The molecule has 2 amide bonds. The van der Waals surface area contributed by atoms with Crippen LogP contribution in [-0.4, -0.2) is 59.1 Å². The minimum atomic E-state index is -0.404. The number of hydrogen-bond donors (Lipinski definition) is 1. The van der Waals surface area contributed by atoms with E-state index in [2.05, 4.69) is 37.2 Å². The zero-order valence-corrected chi connectivity index (χ0v) is 19.8. The summed E-state index contributed by atoms with van der Waals surface area (Å²) in [5, 5.41) is 4.44. The van der Waals surface area contributed by atoms with Crippen LogP contribution in [0.5, 0.6) is 0 Å². The molecule has 0 aromatic rings. The molecule has 0 aliphatic heterocycles. The van der Waals surface area contributed by atoms with E-state index in [0.29, 0.717) is 6.54 Å². The van der Waals surface area contributed by atoms with Crippen molar-refractivity contribution in [1.29, 1.82) is 0 Å². The van der Waals surface area contributed by atoms with Crippen LogP contribution in [0, 0.1) is 0 Å². The Labute approximate surface area is 169 Å². The van der Waals surface area contributed by atoms with Crippen LogP contribution in [0.1, 0.15) is 54.4 Å². The van der Waals surface area contributed by atoms with Gasteiger partial charge in [-0.3, -0.25) is 0 Å². The molecule has 6 nitrogen and oxygen atoms in total. The molecule has 0 spiro atoms. The van der Waals surface area contributed by atoms with E-state index in [4.69, 9.17) is 9.47 Å². The predicted molar refractivity (Wildman–Crippen MR) is 110 cm³/mol. The second-order valence-electron chi connectivity index (χ2n) is 7.42. The average molecular weight is 490 g/mol. The Hall–Kier alpha value is -0.500. The van der Waals surface area contributed by atoms with Crippen LogP contribution in [0.15, 0.2) is 0 Å². The number of hydrogen-bond acceptors (Lipinski definition) is 4. The highest BCUT2D eigenvalue weighted by atomic mass is 79.9. The molecular formula is C17H34Br2N2O4. The number of carbonyl (C=O) groups excluding carboxylic acids is 2. The van der Waals surface area contributed by atoms with E-state index in [1.165, 1.54) is 0 Å². The van der Waals surface area contributed by atoms with Gasteiger partial charge in [-0.15, -0.1) is 0 Å². The number of nitrogens with one attached hydrogen (secondary N) is 1. The summed E-state index contributed by atoms with van der Waals surface area (Å²) in [6.07, 6.45) is 1.26. The molecule has 0 rings (SSSR count). The number of ether oxygens (including phenoxy) is 2. The number of alkyl halides is 2. The number of amides is 2. The summed E-state index contributed by atoms with van der Waals surface area (Å²) in [4.78, 5) is 23.9. The van der Waals surface area contributed by atoms with E-state index in [1.807, 2.05) is 41.5 Å². The Morgan fingerprint density at radius 1 is 0.920 bits per heavy atom. The first kappa shape index (κ1) is 26.7. The summed E-state index contributed by atoms with van der Waals surface area (Å²) in [6, 6.07) is 0. The quantitative estimate of drug-likeness (QED) is 0.424. The van der Waals surface area contributed by atoms with E-state index < -0.39 is 11.2 Å². The molecule has 0 saturated carbocycles. The van der Waals surface area contributed by atoms with Gasteiger partial charge in [0.05, 0.1) is 0 Å². The summed E-state index contributed by atoms with van der Waals surface area (Å²) < 4.78 is 10.2. The van der Waals surface area contributed by atoms with Crippen LogP contribution in [0.2, 0.25) is 0 Å². The summed E-state index contributed by atoms with van der Waals surface area (Å²) in [7, 11) is 1.75. The molecule has 0 radical (unpaired) electrons. The highest BCUT2D eigenvalue weighted by Crippen LogP contribution is 2.09. The van der Waals surface area contributed by atoms with Gasteiger partial charge in [-0.1, -0.05) is 31.9 Å². The van der Waals surface area contributed by atoms with Gasteiger partial charge < -0.3 is 19.7 Å². The van der Waals surface area contributed by atoms with Gasteiger partial charge in [0.15, 0.2) is 0 Å². The van der Waals surface area contributed by atoms with E-state index in [9.17, 15) is 9.59 Å². The van der Waals surface area contributed by atoms with Gasteiger partial charge in [-0.25, -0.2) is 9.59 Å². The topological polar surface area (TPSA) is 67.9 Å². The van der Waals surface area contributed by atoms with Crippen LogP contribution < -0.4 is 5.32 Å². The maximum absolute atomic E-state index is 11.4. The lowest BCUT2D eigenvalue weighted by molar-refractivity contribution is 0.0299. The van der Waals surface area contributed by atoms with Gasteiger partial charge in [-0.05, 0) is 54.4 Å². The molecular weight excluding hydrogens is 456 g/mol. The Morgan fingerprint density at radius 3 is 1.80 bits per heavy atom. The molecule has 0 unspecified atom stereocenters. The molecule has 0 aliphatic carbocycles. The number of rotatable bonds is 6. The minimum Gasteiger partial charge on any atom is -0.444 e. The van der Waals surface area contributed by atoms with Gasteiger partial charge in [0.1, 0.15) is 11.2 Å². The monoisotopic (exact) mass is 488 g/mol. The highest BCUT2D eigenvalue weighted by Gasteiger charge is 2.18. The maximum Gasteiger partial charge on any atom is 0.410 e. The van der Waals surface area contributed by atoms with Crippen LogP contribution >= 0.6 is 31.9 Å². The zero-order valence-electron chi connectivity index (χ0n) is 16.6. The molecule has 0 aromatic carbocycles. The SMILES string of the molecule is CC(C)(C)OC(=O)NCCCBr.CN(CCCBr)C(=O)OC(C)(C)C. The molecule has 25 heavy (non-hydrogen) atoms. The van der Waals surface area contributed by atoms with Crippen molar-refractivity contribution >= 4 is 44.0 Å².